The molecule has 0 saturated heterocycles. The fraction of sp³-hybridized carbons (Fsp3) is 0.294. The molecule has 0 heterocycles. The van der Waals surface area contributed by atoms with Crippen molar-refractivity contribution in [1.82, 2.24) is 4.90 Å². The molecule has 0 saturated carbocycles. The van der Waals surface area contributed by atoms with Gasteiger partial charge in [-0.1, -0.05) is 56.1 Å². The van der Waals surface area contributed by atoms with Gasteiger partial charge in [0.15, 0.2) is 0 Å². The lowest BCUT2D eigenvalue weighted by atomic mass is 10.1. The summed E-state index contributed by atoms with van der Waals surface area (Å²) in [5.74, 6) is 0. The second-order valence-electron chi connectivity index (χ2n) is 5.43. The van der Waals surface area contributed by atoms with Gasteiger partial charge >= 0.3 is 0 Å². The minimum absolute atomic E-state index is 0.232. The molecular weight excluding hydrogens is 392 g/mol. The van der Waals surface area contributed by atoms with Gasteiger partial charge in [0, 0.05) is 27.2 Å². The van der Waals surface area contributed by atoms with Gasteiger partial charge in [0.2, 0.25) is 0 Å². The topological polar surface area (TPSA) is 15.3 Å². The second kappa shape index (κ2) is 7.43. The number of rotatable bonds is 5. The first-order valence-corrected chi connectivity index (χ1v) is 8.50. The Bertz CT molecular complexity index is 611. The maximum atomic E-state index is 3.64. The van der Waals surface area contributed by atoms with E-state index < -0.39 is 0 Å². The van der Waals surface area contributed by atoms with E-state index in [1.54, 1.807) is 0 Å². The van der Waals surface area contributed by atoms with Gasteiger partial charge in [0.25, 0.3) is 0 Å². The van der Waals surface area contributed by atoms with E-state index in [-0.39, 0.29) is 6.04 Å². The number of benzene rings is 2. The molecule has 0 radical (unpaired) electrons. The molecule has 0 bridgehead atoms. The molecule has 4 heteroatoms. The fourth-order valence-corrected chi connectivity index (χ4v) is 3.69. The van der Waals surface area contributed by atoms with Crippen molar-refractivity contribution in [3.8, 4) is 0 Å². The Morgan fingerprint density at radius 2 is 1.81 bits per heavy atom. The first kappa shape index (κ1) is 16.5. The molecule has 2 aromatic carbocycles. The van der Waals surface area contributed by atoms with Crippen LogP contribution in [0.1, 0.15) is 24.1 Å². The Hall–Kier alpha value is -0.840. The maximum absolute atomic E-state index is 3.64. The zero-order valence-corrected chi connectivity index (χ0v) is 15.7. The van der Waals surface area contributed by atoms with Crippen molar-refractivity contribution in [3.63, 3.8) is 0 Å². The molecule has 1 atom stereocenters. The zero-order valence-electron chi connectivity index (χ0n) is 12.5. The van der Waals surface area contributed by atoms with Crippen LogP contribution in [0.25, 0.3) is 0 Å². The smallest absolute Gasteiger partial charge is 0.0496 e. The van der Waals surface area contributed by atoms with Gasteiger partial charge < -0.3 is 10.2 Å². The molecule has 0 amide bonds. The Balaban J connectivity index is 2.21. The van der Waals surface area contributed by atoms with E-state index in [2.05, 4.69) is 106 Å². The van der Waals surface area contributed by atoms with Gasteiger partial charge in [0.05, 0.1) is 0 Å². The van der Waals surface area contributed by atoms with Gasteiger partial charge in [-0.2, -0.15) is 0 Å². The highest BCUT2D eigenvalue weighted by Crippen LogP contribution is 2.30. The molecule has 112 valence electrons. The van der Waals surface area contributed by atoms with Crippen LogP contribution in [0, 0.1) is 0 Å². The van der Waals surface area contributed by atoms with Crippen LogP contribution in [0.15, 0.2) is 51.4 Å². The molecule has 2 rings (SSSR count). The van der Waals surface area contributed by atoms with Crippen molar-refractivity contribution in [3.05, 3.63) is 62.5 Å². The molecule has 2 aromatic rings. The van der Waals surface area contributed by atoms with Crippen LogP contribution in [0.3, 0.4) is 0 Å². The summed E-state index contributed by atoms with van der Waals surface area (Å²) in [6, 6.07) is 15.0. The van der Waals surface area contributed by atoms with Crippen LogP contribution in [-0.2, 0) is 6.54 Å². The third-order valence-electron chi connectivity index (χ3n) is 3.30. The lowest BCUT2D eigenvalue weighted by Gasteiger charge is -2.21. The van der Waals surface area contributed by atoms with E-state index in [1.807, 2.05) is 0 Å². The van der Waals surface area contributed by atoms with Crippen molar-refractivity contribution in [1.29, 1.82) is 0 Å². The molecule has 2 nitrogen and oxygen atoms in total. The molecular formula is C17H20Br2N2. The molecule has 0 aliphatic heterocycles. The van der Waals surface area contributed by atoms with Crippen molar-refractivity contribution in [2.75, 3.05) is 19.4 Å². The van der Waals surface area contributed by atoms with E-state index in [9.17, 15) is 0 Å². The van der Waals surface area contributed by atoms with Gasteiger partial charge in [0.1, 0.15) is 0 Å². The summed E-state index contributed by atoms with van der Waals surface area (Å²) in [6.45, 7) is 3.11. The molecule has 0 aliphatic rings. The minimum atomic E-state index is 0.232. The highest BCUT2D eigenvalue weighted by molar-refractivity contribution is 9.11. The van der Waals surface area contributed by atoms with Gasteiger partial charge in [-0.25, -0.2) is 0 Å². The van der Waals surface area contributed by atoms with Gasteiger partial charge in [-0.05, 0) is 50.3 Å². The molecule has 0 aromatic heterocycles. The summed E-state index contributed by atoms with van der Waals surface area (Å²) in [7, 11) is 4.18. The van der Waals surface area contributed by atoms with Crippen LogP contribution in [-0.4, -0.2) is 19.0 Å². The van der Waals surface area contributed by atoms with Gasteiger partial charge in [-0.15, -0.1) is 0 Å². The van der Waals surface area contributed by atoms with Crippen molar-refractivity contribution in [2.45, 2.75) is 19.5 Å². The number of hydrogen-bond donors (Lipinski definition) is 1. The quantitative estimate of drug-likeness (QED) is 0.703. The number of hydrogen-bond acceptors (Lipinski definition) is 2. The Morgan fingerprint density at radius 3 is 2.48 bits per heavy atom. The Morgan fingerprint density at radius 1 is 1.10 bits per heavy atom. The van der Waals surface area contributed by atoms with Gasteiger partial charge in [-0.3, -0.25) is 0 Å². The van der Waals surface area contributed by atoms with E-state index in [1.165, 1.54) is 16.8 Å². The molecule has 0 fully saturated rings. The largest absolute Gasteiger partial charge is 0.378 e. The van der Waals surface area contributed by atoms with Crippen molar-refractivity contribution in [2.24, 2.45) is 0 Å². The summed E-state index contributed by atoms with van der Waals surface area (Å²) in [4.78, 5) is 2.18. The SMILES string of the molecule is CC(Nc1ccccc1CN(C)C)c1ccc(Br)cc1Br. The summed E-state index contributed by atoms with van der Waals surface area (Å²) >= 11 is 7.14. The predicted molar refractivity (Wildman–Crippen MR) is 97.7 cm³/mol. The van der Waals surface area contributed by atoms with Crippen molar-refractivity contribution < 1.29 is 0 Å². The predicted octanol–water partition coefficient (Wildman–Crippen LogP) is 5.45. The van der Waals surface area contributed by atoms with Crippen LogP contribution >= 0.6 is 31.9 Å². The molecule has 1 unspecified atom stereocenters. The van der Waals surface area contributed by atoms with Crippen LogP contribution in [0.5, 0.6) is 0 Å². The third-order valence-corrected chi connectivity index (χ3v) is 4.48. The Kier molecular flexibility index (Phi) is 5.85. The average Bonchev–Trinajstić information content (AvgIpc) is 2.40. The first-order valence-electron chi connectivity index (χ1n) is 6.91. The number of nitrogens with one attached hydrogen (secondary N) is 1. The standard InChI is InChI=1S/C17H20Br2N2/c1-12(15-9-8-14(18)10-16(15)19)20-17-7-5-4-6-13(17)11-21(2)3/h4-10,12,20H,11H2,1-3H3. The van der Waals surface area contributed by atoms with Crippen LogP contribution < -0.4 is 5.32 Å². The summed E-state index contributed by atoms with van der Waals surface area (Å²) < 4.78 is 2.19. The molecule has 0 aliphatic carbocycles. The minimum Gasteiger partial charge on any atom is -0.378 e. The second-order valence-corrected chi connectivity index (χ2v) is 7.20. The summed E-state index contributed by atoms with van der Waals surface area (Å²) in [6.07, 6.45) is 0. The van der Waals surface area contributed by atoms with E-state index in [4.69, 9.17) is 0 Å². The molecule has 0 spiro atoms. The Labute approximate surface area is 143 Å². The summed E-state index contributed by atoms with van der Waals surface area (Å²) in [5, 5.41) is 3.62. The number of anilines is 1. The van der Waals surface area contributed by atoms with Crippen molar-refractivity contribution >= 4 is 37.5 Å². The van der Waals surface area contributed by atoms with E-state index in [0.29, 0.717) is 0 Å². The third kappa shape index (κ3) is 4.56. The lowest BCUT2D eigenvalue weighted by Crippen LogP contribution is -2.14. The normalized spacial score (nSPS) is 12.5. The first-order chi connectivity index (χ1) is 9.97. The molecule has 1 N–H and O–H groups in total. The molecule has 21 heavy (non-hydrogen) atoms. The van der Waals surface area contributed by atoms with Crippen LogP contribution in [0.2, 0.25) is 0 Å². The zero-order chi connectivity index (χ0) is 15.4. The monoisotopic (exact) mass is 410 g/mol. The van der Waals surface area contributed by atoms with E-state index in [0.717, 1.165) is 15.5 Å². The summed E-state index contributed by atoms with van der Waals surface area (Å²) in [5.41, 5.74) is 3.74. The highest BCUT2D eigenvalue weighted by Gasteiger charge is 2.11. The number of halogens is 2. The average molecular weight is 412 g/mol. The highest BCUT2D eigenvalue weighted by atomic mass is 79.9. The number of para-hydroxylation sites is 1. The number of nitrogens with zero attached hydrogens (tertiary/aromatic N) is 1. The maximum Gasteiger partial charge on any atom is 0.0496 e. The lowest BCUT2D eigenvalue weighted by molar-refractivity contribution is 0.403. The van der Waals surface area contributed by atoms with E-state index >= 15 is 0 Å². The fourth-order valence-electron chi connectivity index (χ4n) is 2.30. The van der Waals surface area contributed by atoms with Crippen LogP contribution in [0.4, 0.5) is 5.69 Å².